The van der Waals surface area contributed by atoms with Crippen LogP contribution in [0.2, 0.25) is 0 Å². The normalized spacial score (nSPS) is 12.0. The minimum Gasteiger partial charge on any atom is -0.293 e. The Bertz CT molecular complexity index is 1290. The molecule has 5 aromatic rings. The van der Waals surface area contributed by atoms with Crippen LogP contribution >= 0.6 is 7.92 Å². The third-order valence-electron chi connectivity index (χ3n) is 5.72. The molecule has 0 saturated carbocycles. The molecule has 5 rings (SSSR count). The molecule has 0 aliphatic rings. The number of hydrogen-bond donors (Lipinski definition) is 0. The summed E-state index contributed by atoms with van der Waals surface area (Å²) in [5.41, 5.74) is 1.54. The summed E-state index contributed by atoms with van der Waals surface area (Å²) in [6.45, 7) is 0. The number of ketones is 1. The minimum atomic E-state index is -0.959. The predicted molar refractivity (Wildman–Crippen MR) is 137 cm³/mol. The maximum atomic E-state index is 14.1. The highest BCUT2D eigenvalue weighted by atomic mass is 31.1. The Hall–Kier alpha value is -3.54. The summed E-state index contributed by atoms with van der Waals surface area (Å²) in [5.74, 6) is 0.166. The predicted octanol–water partition coefficient (Wildman–Crippen LogP) is 6.90. The van der Waals surface area contributed by atoms with Crippen LogP contribution in [-0.4, -0.2) is 5.78 Å². The molecular weight excluding hydrogens is 407 g/mol. The topological polar surface area (TPSA) is 17.1 Å². The Morgan fingerprint density at radius 2 is 1.03 bits per heavy atom. The van der Waals surface area contributed by atoms with Crippen LogP contribution in [0.4, 0.5) is 0 Å². The van der Waals surface area contributed by atoms with Crippen LogP contribution in [0.15, 0.2) is 133 Å². The van der Waals surface area contributed by atoms with Gasteiger partial charge >= 0.3 is 0 Å². The first-order valence-corrected chi connectivity index (χ1v) is 12.2. The average molecular weight is 430 g/mol. The van der Waals surface area contributed by atoms with Crippen molar-refractivity contribution in [1.82, 2.24) is 0 Å². The maximum absolute atomic E-state index is 14.1. The highest BCUT2D eigenvalue weighted by Gasteiger charge is 2.33. The molecule has 5 aromatic carbocycles. The summed E-state index contributed by atoms with van der Waals surface area (Å²) >= 11 is 0. The lowest BCUT2D eigenvalue weighted by Gasteiger charge is -2.28. The number of fused-ring (bicyclic) bond motifs is 1. The van der Waals surface area contributed by atoms with Crippen LogP contribution in [-0.2, 0) is 0 Å². The first-order chi connectivity index (χ1) is 15.8. The Balaban J connectivity index is 1.74. The molecule has 0 fully saturated rings. The second-order valence-electron chi connectivity index (χ2n) is 7.78. The molecule has 1 nitrogen and oxygen atoms in total. The molecule has 0 N–H and O–H groups in total. The molecule has 0 radical (unpaired) electrons. The molecule has 0 heterocycles. The van der Waals surface area contributed by atoms with Gasteiger partial charge in [-0.15, -0.1) is 0 Å². The lowest BCUT2D eigenvalue weighted by Crippen LogP contribution is -2.23. The van der Waals surface area contributed by atoms with Crippen molar-refractivity contribution >= 4 is 35.1 Å². The second-order valence-corrected chi connectivity index (χ2v) is 10.1. The van der Waals surface area contributed by atoms with Gasteiger partial charge in [0.05, 0.1) is 5.66 Å². The molecule has 0 saturated heterocycles. The van der Waals surface area contributed by atoms with Gasteiger partial charge in [0, 0.05) is 5.56 Å². The maximum Gasteiger partial charge on any atom is 0.175 e. The molecule has 0 bridgehead atoms. The first-order valence-electron chi connectivity index (χ1n) is 10.8. The zero-order chi connectivity index (χ0) is 21.8. The van der Waals surface area contributed by atoms with E-state index < -0.39 is 7.92 Å². The molecule has 1 atom stereocenters. The van der Waals surface area contributed by atoms with Gasteiger partial charge < -0.3 is 0 Å². The van der Waals surface area contributed by atoms with Gasteiger partial charge in [0.2, 0.25) is 0 Å². The van der Waals surface area contributed by atoms with Crippen LogP contribution in [0.5, 0.6) is 0 Å². The number of rotatable bonds is 6. The van der Waals surface area contributed by atoms with Crippen molar-refractivity contribution in [2.45, 2.75) is 5.66 Å². The van der Waals surface area contributed by atoms with Gasteiger partial charge in [-0.25, -0.2) is 0 Å². The Morgan fingerprint density at radius 1 is 0.531 bits per heavy atom. The third-order valence-corrected chi connectivity index (χ3v) is 8.48. The van der Waals surface area contributed by atoms with Crippen LogP contribution in [0.1, 0.15) is 21.6 Å². The summed E-state index contributed by atoms with van der Waals surface area (Å²) in [6.07, 6.45) is 0. The summed E-state index contributed by atoms with van der Waals surface area (Å²) in [5, 5.41) is 4.75. The van der Waals surface area contributed by atoms with Crippen molar-refractivity contribution in [3.05, 3.63) is 145 Å². The minimum absolute atomic E-state index is 0.166. The van der Waals surface area contributed by atoms with E-state index in [0.717, 1.165) is 16.5 Å². The largest absolute Gasteiger partial charge is 0.293 e. The van der Waals surface area contributed by atoms with Gasteiger partial charge in [-0.1, -0.05) is 133 Å². The molecule has 0 aliphatic carbocycles. The van der Waals surface area contributed by atoms with E-state index in [2.05, 4.69) is 91.0 Å². The molecule has 0 aromatic heterocycles. The molecule has 0 aliphatic heterocycles. The summed E-state index contributed by atoms with van der Waals surface area (Å²) in [6, 6.07) is 45.5. The van der Waals surface area contributed by atoms with Crippen molar-refractivity contribution in [2.24, 2.45) is 0 Å². The fourth-order valence-corrected chi connectivity index (χ4v) is 6.90. The summed E-state index contributed by atoms with van der Waals surface area (Å²) < 4.78 is 0. The Labute approximate surface area is 190 Å². The lowest BCUT2D eigenvalue weighted by molar-refractivity contribution is 0.0988. The molecular formula is C30H23OP. The molecule has 0 amide bonds. The smallest absolute Gasteiger partial charge is 0.175 e. The Morgan fingerprint density at radius 3 is 1.62 bits per heavy atom. The fraction of sp³-hybridized carbons (Fsp3) is 0.0333. The van der Waals surface area contributed by atoms with Crippen LogP contribution in [0, 0.1) is 0 Å². The highest BCUT2D eigenvalue weighted by Crippen LogP contribution is 2.51. The molecule has 1 unspecified atom stereocenters. The molecule has 0 spiro atoms. The zero-order valence-corrected chi connectivity index (χ0v) is 18.5. The van der Waals surface area contributed by atoms with E-state index in [0.29, 0.717) is 0 Å². The number of Topliss-reactive ketones (excluding diaryl/α,β-unsaturated/α-hetero) is 1. The molecule has 32 heavy (non-hydrogen) atoms. The molecule has 154 valence electrons. The SMILES string of the molecule is O=C(c1ccccc1)C(c1ccc2ccccc2c1)P(c1ccccc1)c1ccccc1. The van der Waals surface area contributed by atoms with Gasteiger partial charge in [0.1, 0.15) is 0 Å². The van der Waals surface area contributed by atoms with Crippen molar-refractivity contribution < 1.29 is 4.79 Å². The van der Waals surface area contributed by atoms with E-state index in [1.807, 2.05) is 42.5 Å². The number of benzene rings is 5. The number of hydrogen-bond acceptors (Lipinski definition) is 1. The third kappa shape index (κ3) is 4.13. The van der Waals surface area contributed by atoms with Crippen molar-refractivity contribution in [2.75, 3.05) is 0 Å². The van der Waals surface area contributed by atoms with E-state index in [1.54, 1.807) is 0 Å². The van der Waals surface area contributed by atoms with E-state index in [4.69, 9.17) is 0 Å². The first kappa shape index (κ1) is 20.4. The van der Waals surface area contributed by atoms with E-state index >= 15 is 0 Å². The zero-order valence-electron chi connectivity index (χ0n) is 17.6. The summed E-state index contributed by atoms with van der Waals surface area (Å²) in [7, 11) is -0.959. The Kier molecular flexibility index (Phi) is 5.92. The number of carbonyl (C=O) groups is 1. The monoisotopic (exact) mass is 430 g/mol. The van der Waals surface area contributed by atoms with E-state index in [9.17, 15) is 4.79 Å². The van der Waals surface area contributed by atoms with Gasteiger partial charge in [0.15, 0.2) is 5.78 Å². The van der Waals surface area contributed by atoms with Gasteiger partial charge in [-0.2, -0.15) is 0 Å². The van der Waals surface area contributed by atoms with Crippen LogP contribution in [0.3, 0.4) is 0 Å². The second kappa shape index (κ2) is 9.30. The van der Waals surface area contributed by atoms with Crippen molar-refractivity contribution in [3.63, 3.8) is 0 Å². The summed E-state index contributed by atoms with van der Waals surface area (Å²) in [4.78, 5) is 14.1. The van der Waals surface area contributed by atoms with E-state index in [1.165, 1.54) is 16.0 Å². The van der Waals surface area contributed by atoms with Gasteiger partial charge in [0.25, 0.3) is 0 Å². The van der Waals surface area contributed by atoms with Crippen molar-refractivity contribution in [1.29, 1.82) is 0 Å². The fourth-order valence-electron chi connectivity index (χ4n) is 4.18. The van der Waals surface area contributed by atoms with Crippen LogP contribution < -0.4 is 10.6 Å². The van der Waals surface area contributed by atoms with Crippen molar-refractivity contribution in [3.8, 4) is 0 Å². The quantitative estimate of drug-likeness (QED) is 0.212. The highest BCUT2D eigenvalue weighted by molar-refractivity contribution is 7.74. The van der Waals surface area contributed by atoms with Crippen LogP contribution in [0.25, 0.3) is 10.8 Å². The average Bonchev–Trinajstić information content (AvgIpc) is 2.88. The van der Waals surface area contributed by atoms with Gasteiger partial charge in [-0.05, 0) is 34.9 Å². The molecule has 2 heteroatoms. The number of carbonyl (C=O) groups excluding carboxylic acids is 1. The lowest BCUT2D eigenvalue weighted by atomic mass is 9.99. The standard InChI is InChI=1S/C30H23OP/c31-29(24-13-4-1-5-14-24)30(26-21-20-23-12-10-11-15-25(23)22-26)32(27-16-6-2-7-17-27)28-18-8-3-9-19-28/h1-22,30H. The van der Waals surface area contributed by atoms with E-state index in [-0.39, 0.29) is 11.4 Å². The van der Waals surface area contributed by atoms with Gasteiger partial charge in [-0.3, -0.25) is 4.79 Å².